The van der Waals surface area contributed by atoms with Gasteiger partial charge in [0, 0.05) is 38.0 Å². The van der Waals surface area contributed by atoms with Crippen LogP contribution in [-0.4, -0.2) is 78.0 Å². The van der Waals surface area contributed by atoms with Gasteiger partial charge in [-0.05, 0) is 35.1 Å². The summed E-state index contributed by atoms with van der Waals surface area (Å²) in [6, 6.07) is 16.4. The monoisotopic (exact) mass is 481 g/mol. The van der Waals surface area contributed by atoms with E-state index in [1.807, 2.05) is 29.2 Å². The second-order valence-corrected chi connectivity index (χ2v) is 9.01. The number of amides is 2. The zero-order chi connectivity index (χ0) is 24.8. The lowest BCUT2D eigenvalue weighted by Gasteiger charge is -2.31. The summed E-state index contributed by atoms with van der Waals surface area (Å²) in [7, 11) is 0. The number of nitrogens with one attached hydrogen (secondary N) is 2. The zero-order valence-corrected chi connectivity index (χ0v) is 19.5. The number of aliphatic carboxylic acids is 1. The van der Waals surface area contributed by atoms with Crippen molar-refractivity contribution in [2.75, 3.05) is 32.8 Å². The molecule has 1 saturated heterocycles. The second-order valence-electron chi connectivity index (χ2n) is 9.01. The van der Waals surface area contributed by atoms with E-state index in [0.717, 1.165) is 0 Å². The maximum absolute atomic E-state index is 12.5. The summed E-state index contributed by atoms with van der Waals surface area (Å²) in [5, 5.41) is 23.5. The number of benzene rings is 2. The van der Waals surface area contributed by atoms with E-state index in [4.69, 9.17) is 9.84 Å². The van der Waals surface area contributed by atoms with E-state index in [1.165, 1.54) is 22.3 Å². The summed E-state index contributed by atoms with van der Waals surface area (Å²) in [5.74, 6) is -1.50. The average molecular weight is 482 g/mol. The largest absolute Gasteiger partial charge is 0.479 e. The predicted molar refractivity (Wildman–Crippen MR) is 129 cm³/mol. The van der Waals surface area contributed by atoms with Crippen LogP contribution in [-0.2, 0) is 14.3 Å². The Bertz CT molecular complexity index is 1020. The molecule has 35 heavy (non-hydrogen) atoms. The highest BCUT2D eigenvalue weighted by Gasteiger charge is 2.29. The molecule has 2 aliphatic rings. The summed E-state index contributed by atoms with van der Waals surface area (Å²) in [6.45, 7) is 1.88. The van der Waals surface area contributed by atoms with Crippen molar-refractivity contribution >= 4 is 18.0 Å². The molecule has 0 spiro atoms. The maximum Gasteiger partial charge on any atom is 0.407 e. The first-order valence-corrected chi connectivity index (χ1v) is 11.9. The number of ether oxygens (including phenoxy) is 1. The van der Waals surface area contributed by atoms with Crippen LogP contribution in [0.25, 0.3) is 11.1 Å². The van der Waals surface area contributed by atoms with Crippen LogP contribution in [0, 0.1) is 0 Å². The molecule has 2 amide bonds. The fourth-order valence-electron chi connectivity index (χ4n) is 4.77. The van der Waals surface area contributed by atoms with E-state index in [-0.39, 0.29) is 44.0 Å². The third-order valence-corrected chi connectivity index (χ3v) is 6.65. The van der Waals surface area contributed by atoms with Crippen LogP contribution in [0.2, 0.25) is 0 Å². The van der Waals surface area contributed by atoms with Gasteiger partial charge in [0.2, 0.25) is 5.91 Å². The number of carboxylic acids is 1. The smallest absolute Gasteiger partial charge is 0.407 e. The number of alkyl carbamates (subject to hydrolysis) is 1. The molecule has 0 bridgehead atoms. The van der Waals surface area contributed by atoms with Crippen LogP contribution < -0.4 is 10.6 Å². The molecular weight excluding hydrogens is 450 g/mol. The third kappa shape index (κ3) is 6.17. The number of aliphatic hydroxyl groups is 1. The van der Waals surface area contributed by atoms with Crippen molar-refractivity contribution in [3.8, 4) is 11.1 Å². The number of carbonyl (C=O) groups is 3. The number of nitrogens with zero attached hydrogens (tertiary/aromatic N) is 1. The normalized spacial score (nSPS) is 16.7. The quantitative estimate of drug-likeness (QED) is 0.431. The molecular formula is C26H31N3O6. The Hall–Kier alpha value is -3.43. The first-order valence-electron chi connectivity index (χ1n) is 11.9. The van der Waals surface area contributed by atoms with Gasteiger partial charge in [0.1, 0.15) is 6.61 Å². The van der Waals surface area contributed by atoms with Gasteiger partial charge >= 0.3 is 12.1 Å². The zero-order valence-electron chi connectivity index (χ0n) is 19.5. The van der Waals surface area contributed by atoms with Crippen molar-refractivity contribution in [1.29, 1.82) is 0 Å². The number of likely N-dealkylation sites (tertiary alicyclic amines) is 1. The number of carbonyl (C=O) groups excluding carboxylic acids is 2. The fourth-order valence-corrected chi connectivity index (χ4v) is 4.77. The minimum Gasteiger partial charge on any atom is -0.479 e. The molecule has 4 N–H and O–H groups in total. The molecule has 0 saturated carbocycles. The van der Waals surface area contributed by atoms with Crippen molar-refractivity contribution in [1.82, 2.24) is 15.5 Å². The molecule has 1 aliphatic carbocycles. The van der Waals surface area contributed by atoms with Gasteiger partial charge in [0.15, 0.2) is 6.10 Å². The number of hydrogen-bond acceptors (Lipinski definition) is 6. The summed E-state index contributed by atoms with van der Waals surface area (Å²) >= 11 is 0. The van der Waals surface area contributed by atoms with Crippen molar-refractivity contribution in [2.24, 2.45) is 0 Å². The number of hydrogen-bond donors (Lipinski definition) is 4. The molecule has 0 unspecified atom stereocenters. The predicted octanol–water partition coefficient (Wildman–Crippen LogP) is 1.94. The molecule has 4 rings (SSSR count). The van der Waals surface area contributed by atoms with Gasteiger partial charge in [-0.1, -0.05) is 48.5 Å². The molecule has 0 aromatic heterocycles. The highest BCUT2D eigenvalue weighted by atomic mass is 16.5. The second kappa shape index (κ2) is 11.3. The minimum atomic E-state index is -1.48. The van der Waals surface area contributed by atoms with E-state index >= 15 is 0 Å². The fraction of sp³-hybridized carbons (Fsp3) is 0.423. The molecule has 9 nitrogen and oxygen atoms in total. The molecule has 1 atom stereocenters. The Labute approximate surface area is 204 Å². The Morgan fingerprint density at radius 2 is 1.60 bits per heavy atom. The molecule has 1 heterocycles. The summed E-state index contributed by atoms with van der Waals surface area (Å²) in [4.78, 5) is 37.1. The Kier molecular flexibility index (Phi) is 7.99. The first kappa shape index (κ1) is 24.7. The molecule has 2 aromatic rings. The Balaban J connectivity index is 1.18. The van der Waals surface area contributed by atoms with Crippen molar-refractivity contribution in [3.63, 3.8) is 0 Å². The van der Waals surface area contributed by atoms with Gasteiger partial charge in [0.05, 0.1) is 6.54 Å². The molecule has 1 fully saturated rings. The standard InChI is InChI=1S/C26H31N3O6/c30-23(25(32)33)9-12-27-24(31)15-29-13-10-17(11-14-29)28-26(34)35-16-22-20-7-3-1-5-18(20)19-6-2-4-8-21(19)22/h1-8,17,22-23,30H,9-16H2,(H,27,31)(H,28,34)(H,32,33)/t23-/m0/s1. The Morgan fingerprint density at radius 3 is 2.20 bits per heavy atom. The van der Waals surface area contributed by atoms with E-state index in [0.29, 0.717) is 25.9 Å². The molecule has 2 aromatic carbocycles. The molecule has 0 radical (unpaired) electrons. The van der Waals surface area contributed by atoms with Gasteiger partial charge in [-0.25, -0.2) is 9.59 Å². The van der Waals surface area contributed by atoms with Crippen LogP contribution >= 0.6 is 0 Å². The van der Waals surface area contributed by atoms with Crippen LogP contribution in [0.5, 0.6) is 0 Å². The highest BCUT2D eigenvalue weighted by molar-refractivity contribution is 5.79. The van der Waals surface area contributed by atoms with Crippen molar-refractivity contribution < 1.29 is 29.3 Å². The number of carboxylic acid groups (broad SMARTS) is 1. The van der Waals surface area contributed by atoms with Gasteiger partial charge in [0.25, 0.3) is 0 Å². The van der Waals surface area contributed by atoms with Gasteiger partial charge < -0.3 is 25.6 Å². The number of aliphatic hydroxyl groups excluding tert-OH is 1. The number of piperidine rings is 1. The van der Waals surface area contributed by atoms with E-state index < -0.39 is 18.2 Å². The SMILES string of the molecule is O=C(CN1CCC(NC(=O)OCC2c3ccccc3-c3ccccc32)CC1)NCC[C@H](O)C(=O)O. The number of rotatable bonds is 9. The topological polar surface area (TPSA) is 128 Å². The van der Waals surface area contributed by atoms with E-state index in [1.54, 1.807) is 0 Å². The summed E-state index contributed by atoms with van der Waals surface area (Å²) in [6.07, 6.45) is -0.535. The molecule has 1 aliphatic heterocycles. The van der Waals surface area contributed by atoms with Gasteiger partial charge in [-0.15, -0.1) is 0 Å². The lowest BCUT2D eigenvalue weighted by molar-refractivity contribution is -0.147. The summed E-state index contributed by atoms with van der Waals surface area (Å²) in [5.41, 5.74) is 4.72. The van der Waals surface area contributed by atoms with Gasteiger partial charge in [-0.2, -0.15) is 0 Å². The Morgan fingerprint density at radius 1 is 1.00 bits per heavy atom. The lowest BCUT2D eigenvalue weighted by atomic mass is 9.98. The van der Waals surface area contributed by atoms with Crippen LogP contribution in [0.1, 0.15) is 36.3 Å². The molecule has 9 heteroatoms. The lowest BCUT2D eigenvalue weighted by Crippen LogP contribution is -2.47. The minimum absolute atomic E-state index is 0.0179. The van der Waals surface area contributed by atoms with Crippen LogP contribution in [0.3, 0.4) is 0 Å². The van der Waals surface area contributed by atoms with E-state index in [2.05, 4.69) is 34.9 Å². The van der Waals surface area contributed by atoms with Crippen molar-refractivity contribution in [3.05, 3.63) is 59.7 Å². The number of fused-ring (bicyclic) bond motifs is 3. The van der Waals surface area contributed by atoms with Crippen LogP contribution in [0.15, 0.2) is 48.5 Å². The molecule has 186 valence electrons. The summed E-state index contributed by atoms with van der Waals surface area (Å²) < 4.78 is 5.62. The van der Waals surface area contributed by atoms with Crippen molar-refractivity contribution in [2.45, 2.75) is 37.3 Å². The van der Waals surface area contributed by atoms with Crippen LogP contribution in [0.4, 0.5) is 4.79 Å². The average Bonchev–Trinajstić information content (AvgIpc) is 3.17. The maximum atomic E-state index is 12.5. The first-order chi connectivity index (χ1) is 16.9. The highest BCUT2D eigenvalue weighted by Crippen LogP contribution is 2.44. The van der Waals surface area contributed by atoms with E-state index in [9.17, 15) is 19.5 Å². The van der Waals surface area contributed by atoms with Gasteiger partial charge in [-0.3, -0.25) is 9.69 Å². The third-order valence-electron chi connectivity index (χ3n) is 6.65.